The van der Waals surface area contributed by atoms with Crippen molar-refractivity contribution in [2.75, 3.05) is 0 Å². The highest BCUT2D eigenvalue weighted by atomic mass is 16.5. The maximum absolute atomic E-state index is 12.7. The van der Waals surface area contributed by atoms with Crippen molar-refractivity contribution in [1.29, 1.82) is 0 Å². The van der Waals surface area contributed by atoms with Crippen LogP contribution in [-0.4, -0.2) is 46.3 Å². The minimum atomic E-state index is -0.0323. The molecule has 6 nitrogen and oxygen atoms in total. The van der Waals surface area contributed by atoms with Gasteiger partial charge in [0.25, 0.3) is 0 Å². The molecule has 0 atom stereocenters. The molecule has 2 aliphatic heterocycles. The third-order valence-electron chi connectivity index (χ3n) is 11.6. The summed E-state index contributed by atoms with van der Waals surface area (Å²) in [6.07, 6.45) is 19.3. The topological polar surface area (TPSA) is 76.7 Å². The molecular weight excluding hydrogens is 524 g/mol. The van der Waals surface area contributed by atoms with E-state index >= 15 is 0 Å². The molecule has 2 N–H and O–H groups in total. The van der Waals surface area contributed by atoms with Gasteiger partial charge in [0.2, 0.25) is 0 Å². The van der Waals surface area contributed by atoms with Crippen molar-refractivity contribution < 1.29 is 19.1 Å². The monoisotopic (exact) mass is 593 g/mol. The number of carbonyl (C=O) groups excluding carboxylic acids is 2. The first kappa shape index (κ1) is 37.0. The molecule has 2 rings (SSSR count). The van der Waals surface area contributed by atoms with Crippen LogP contribution in [0.5, 0.6) is 0 Å². The highest BCUT2D eigenvalue weighted by molar-refractivity contribution is 5.70. The number of carbonyl (C=O) groups is 2. The highest BCUT2D eigenvalue weighted by Gasteiger charge is 2.46. The summed E-state index contributed by atoms with van der Waals surface area (Å²) >= 11 is 0. The van der Waals surface area contributed by atoms with Gasteiger partial charge in [0.15, 0.2) is 0 Å². The summed E-state index contributed by atoms with van der Waals surface area (Å²) in [4.78, 5) is 25.4. The Bertz CT molecular complexity index is 690. The molecule has 42 heavy (non-hydrogen) atoms. The smallest absolute Gasteiger partial charge is 0.306 e. The van der Waals surface area contributed by atoms with Crippen molar-refractivity contribution in [2.45, 2.75) is 218 Å². The number of piperidine rings is 2. The largest absolute Gasteiger partial charge is 0.462 e. The number of hydrogen-bond acceptors (Lipinski definition) is 6. The molecule has 0 bridgehead atoms. The van der Waals surface area contributed by atoms with Crippen LogP contribution in [0, 0.1) is 0 Å². The lowest BCUT2D eigenvalue weighted by molar-refractivity contribution is -0.155. The standard InChI is InChI=1S/C36H68N2O4/c1-9-33(10-2)25-29(26-34(11-3,12-4)37-33)41-31(39)23-21-19-17-18-20-22-24-32(40)42-30-27-35(13-5,14-6)38-36(15-7,16-8)28-30/h29-30,37-38H,9-28H2,1-8H3. The summed E-state index contributed by atoms with van der Waals surface area (Å²) in [5.74, 6) is -0.0646. The molecule has 0 radical (unpaired) electrons. The molecule has 246 valence electrons. The average molecular weight is 593 g/mol. The Hall–Kier alpha value is -1.14. The van der Waals surface area contributed by atoms with Gasteiger partial charge >= 0.3 is 11.9 Å². The average Bonchev–Trinajstić information content (AvgIpc) is 3.01. The second kappa shape index (κ2) is 17.4. The van der Waals surface area contributed by atoms with Crippen LogP contribution in [0.2, 0.25) is 0 Å². The molecule has 2 saturated heterocycles. The van der Waals surface area contributed by atoms with E-state index in [2.05, 4.69) is 66.0 Å². The predicted octanol–water partition coefficient (Wildman–Crippen LogP) is 8.93. The Labute approximate surface area is 259 Å². The van der Waals surface area contributed by atoms with Gasteiger partial charge < -0.3 is 20.1 Å². The second-order valence-electron chi connectivity index (χ2n) is 13.9. The molecule has 2 fully saturated rings. The lowest BCUT2D eigenvalue weighted by Crippen LogP contribution is -2.64. The van der Waals surface area contributed by atoms with Crippen molar-refractivity contribution in [3.05, 3.63) is 0 Å². The molecule has 0 aromatic carbocycles. The Morgan fingerprint density at radius 3 is 0.952 bits per heavy atom. The number of rotatable bonds is 19. The fourth-order valence-electron chi connectivity index (χ4n) is 7.98. The van der Waals surface area contributed by atoms with Crippen LogP contribution in [0.15, 0.2) is 0 Å². The normalized spacial score (nSPS) is 21.6. The van der Waals surface area contributed by atoms with Gasteiger partial charge in [-0.2, -0.15) is 0 Å². The van der Waals surface area contributed by atoms with E-state index < -0.39 is 0 Å². The molecule has 2 aliphatic rings. The van der Waals surface area contributed by atoms with Gasteiger partial charge in [-0.1, -0.05) is 81.1 Å². The predicted molar refractivity (Wildman–Crippen MR) is 175 cm³/mol. The van der Waals surface area contributed by atoms with E-state index in [-0.39, 0.29) is 46.3 Å². The van der Waals surface area contributed by atoms with Crippen molar-refractivity contribution in [3.63, 3.8) is 0 Å². The van der Waals surface area contributed by atoms with Crippen LogP contribution in [-0.2, 0) is 19.1 Å². The van der Waals surface area contributed by atoms with Crippen molar-refractivity contribution in [1.82, 2.24) is 10.6 Å². The van der Waals surface area contributed by atoms with Crippen molar-refractivity contribution >= 4 is 11.9 Å². The van der Waals surface area contributed by atoms with E-state index in [1.807, 2.05) is 0 Å². The molecule has 0 spiro atoms. The number of esters is 2. The summed E-state index contributed by atoms with van der Waals surface area (Å²) in [5, 5.41) is 7.96. The van der Waals surface area contributed by atoms with Crippen LogP contribution < -0.4 is 10.6 Å². The summed E-state index contributed by atoms with van der Waals surface area (Å²) in [6, 6.07) is 0. The third kappa shape index (κ3) is 10.2. The summed E-state index contributed by atoms with van der Waals surface area (Å²) in [6.45, 7) is 18.0. The van der Waals surface area contributed by atoms with Crippen LogP contribution in [0.3, 0.4) is 0 Å². The van der Waals surface area contributed by atoms with E-state index in [9.17, 15) is 9.59 Å². The summed E-state index contributed by atoms with van der Waals surface area (Å²) < 4.78 is 12.1. The zero-order chi connectivity index (χ0) is 31.3. The second-order valence-corrected chi connectivity index (χ2v) is 13.9. The fourth-order valence-corrected chi connectivity index (χ4v) is 7.98. The Morgan fingerprint density at radius 2 is 0.714 bits per heavy atom. The maximum Gasteiger partial charge on any atom is 0.306 e. The molecule has 0 amide bonds. The van der Waals surface area contributed by atoms with Gasteiger partial charge in [-0.3, -0.25) is 9.59 Å². The Morgan fingerprint density at radius 1 is 0.476 bits per heavy atom. The first-order valence-corrected chi connectivity index (χ1v) is 18.0. The van der Waals surface area contributed by atoms with Gasteiger partial charge in [0.1, 0.15) is 12.2 Å². The first-order chi connectivity index (χ1) is 20.1. The van der Waals surface area contributed by atoms with E-state index in [4.69, 9.17) is 9.47 Å². The number of hydrogen-bond donors (Lipinski definition) is 2. The number of unbranched alkanes of at least 4 members (excludes halogenated alkanes) is 5. The third-order valence-corrected chi connectivity index (χ3v) is 11.6. The molecule has 0 aromatic heterocycles. The molecular formula is C36H68N2O4. The van der Waals surface area contributed by atoms with Gasteiger partial charge in [-0.25, -0.2) is 0 Å². The zero-order valence-corrected chi connectivity index (χ0v) is 28.9. The van der Waals surface area contributed by atoms with E-state index in [0.717, 1.165) is 116 Å². The molecule has 0 aromatic rings. The Balaban J connectivity index is 1.65. The van der Waals surface area contributed by atoms with E-state index in [0.29, 0.717) is 12.8 Å². The minimum Gasteiger partial charge on any atom is -0.462 e. The van der Waals surface area contributed by atoms with Crippen LogP contribution in [0.25, 0.3) is 0 Å². The van der Waals surface area contributed by atoms with Crippen LogP contribution >= 0.6 is 0 Å². The fraction of sp³-hybridized carbons (Fsp3) is 0.944. The quantitative estimate of drug-likeness (QED) is 0.115. The van der Waals surface area contributed by atoms with Gasteiger partial charge in [0.05, 0.1) is 0 Å². The minimum absolute atomic E-state index is 0.0175. The van der Waals surface area contributed by atoms with Crippen molar-refractivity contribution in [3.8, 4) is 0 Å². The van der Waals surface area contributed by atoms with Gasteiger partial charge in [-0.05, 0) is 64.2 Å². The van der Waals surface area contributed by atoms with E-state index in [1.165, 1.54) is 0 Å². The Kier molecular flexibility index (Phi) is 15.3. The summed E-state index contributed by atoms with van der Waals surface area (Å²) in [5.41, 5.74) is 0.280. The first-order valence-electron chi connectivity index (χ1n) is 18.0. The molecule has 0 unspecified atom stereocenters. The lowest BCUT2D eigenvalue weighted by Gasteiger charge is -2.51. The molecule has 0 aliphatic carbocycles. The van der Waals surface area contributed by atoms with Crippen LogP contribution in [0.4, 0.5) is 0 Å². The molecule has 0 saturated carbocycles. The van der Waals surface area contributed by atoms with Crippen molar-refractivity contribution in [2.24, 2.45) is 0 Å². The molecule has 6 heteroatoms. The molecule has 2 heterocycles. The van der Waals surface area contributed by atoms with E-state index in [1.54, 1.807) is 0 Å². The summed E-state index contributed by atoms with van der Waals surface area (Å²) in [7, 11) is 0. The van der Waals surface area contributed by atoms with Crippen LogP contribution in [0.1, 0.15) is 184 Å². The van der Waals surface area contributed by atoms with Gasteiger partial charge in [-0.15, -0.1) is 0 Å². The zero-order valence-electron chi connectivity index (χ0n) is 28.9. The maximum atomic E-state index is 12.7. The SMILES string of the molecule is CCC1(CC)CC(OC(=O)CCCCCCCCC(=O)OC2CC(CC)(CC)NC(CC)(CC)C2)CC(CC)(CC)N1. The van der Waals surface area contributed by atoms with Gasteiger partial charge in [0, 0.05) is 60.7 Å². The lowest BCUT2D eigenvalue weighted by atomic mass is 9.72. The number of nitrogens with one attached hydrogen (secondary N) is 2. The highest BCUT2D eigenvalue weighted by Crippen LogP contribution is 2.40. The number of ether oxygens (including phenoxy) is 2.